The lowest BCUT2D eigenvalue weighted by Gasteiger charge is -2.14. The van der Waals surface area contributed by atoms with Crippen LogP contribution in [0.3, 0.4) is 0 Å². The highest BCUT2D eigenvalue weighted by Gasteiger charge is 2.37. The maximum atomic E-state index is 12.1. The van der Waals surface area contributed by atoms with E-state index >= 15 is 0 Å². The van der Waals surface area contributed by atoms with Gasteiger partial charge in [-0.2, -0.15) is 0 Å². The Bertz CT molecular complexity index is 533. The number of hydrogen-bond acceptors (Lipinski definition) is 3. The van der Waals surface area contributed by atoms with Crippen molar-refractivity contribution in [1.82, 2.24) is 10.2 Å². The molecule has 1 aromatic carbocycles. The second kappa shape index (κ2) is 6.80. The molecule has 0 spiro atoms. The summed E-state index contributed by atoms with van der Waals surface area (Å²) in [6, 6.07) is 6.24. The fraction of sp³-hybridized carbons (Fsp3) is 0.467. The number of carbonyl (C=O) groups excluding carboxylic acids is 2. The number of rotatable bonds is 6. The van der Waals surface area contributed by atoms with Gasteiger partial charge in [-0.1, -0.05) is 31.5 Å². The average Bonchev–Trinajstić information content (AvgIpc) is 2.65. The third-order valence-corrected chi connectivity index (χ3v) is 3.43. The van der Waals surface area contributed by atoms with E-state index in [4.69, 9.17) is 16.3 Å². The maximum Gasteiger partial charge on any atom is 0.324 e. The number of urea groups is 1. The van der Waals surface area contributed by atoms with Crippen LogP contribution in [0.15, 0.2) is 24.3 Å². The number of hydrogen-bond donors (Lipinski definition) is 1. The molecule has 6 heteroatoms. The molecule has 1 fully saturated rings. The number of ether oxygens (including phenoxy) is 1. The van der Waals surface area contributed by atoms with E-state index in [1.807, 2.05) is 13.8 Å². The van der Waals surface area contributed by atoms with Crippen molar-refractivity contribution in [2.45, 2.75) is 26.3 Å². The molecule has 3 amide bonds. The van der Waals surface area contributed by atoms with E-state index in [0.717, 1.165) is 0 Å². The van der Waals surface area contributed by atoms with Crippen molar-refractivity contribution in [2.24, 2.45) is 5.92 Å². The van der Waals surface area contributed by atoms with Crippen molar-refractivity contribution in [2.75, 3.05) is 13.2 Å². The summed E-state index contributed by atoms with van der Waals surface area (Å²) < 4.78 is 5.50. The normalized spacial score (nSPS) is 18.3. The molecule has 1 aliphatic heterocycles. The Kier molecular flexibility index (Phi) is 5.07. The van der Waals surface area contributed by atoms with Crippen LogP contribution in [-0.2, 0) is 4.79 Å². The molecule has 1 N–H and O–H groups in total. The second-order valence-electron chi connectivity index (χ2n) is 5.43. The number of imide groups is 1. The van der Waals surface area contributed by atoms with Crippen molar-refractivity contribution < 1.29 is 14.3 Å². The SMILES string of the molecule is CC(C)C[C@@H]1NC(=O)N(CCOc2cccc(Cl)c2)C1=O. The van der Waals surface area contributed by atoms with Gasteiger partial charge >= 0.3 is 6.03 Å². The van der Waals surface area contributed by atoms with E-state index in [2.05, 4.69) is 5.32 Å². The van der Waals surface area contributed by atoms with E-state index in [0.29, 0.717) is 23.1 Å². The Balaban J connectivity index is 1.85. The monoisotopic (exact) mass is 310 g/mol. The highest BCUT2D eigenvalue weighted by Crippen LogP contribution is 2.18. The molecule has 1 aliphatic rings. The van der Waals surface area contributed by atoms with Gasteiger partial charge < -0.3 is 10.1 Å². The summed E-state index contributed by atoms with van der Waals surface area (Å²) in [5, 5.41) is 3.29. The first-order valence-corrected chi connectivity index (χ1v) is 7.35. The van der Waals surface area contributed by atoms with Crippen molar-refractivity contribution in [3.63, 3.8) is 0 Å². The van der Waals surface area contributed by atoms with Gasteiger partial charge in [0.2, 0.25) is 0 Å². The van der Waals surface area contributed by atoms with Crippen molar-refractivity contribution in [3.8, 4) is 5.75 Å². The Morgan fingerprint density at radius 3 is 2.81 bits per heavy atom. The minimum Gasteiger partial charge on any atom is -0.492 e. The number of benzene rings is 1. The van der Waals surface area contributed by atoms with Gasteiger partial charge in [0.05, 0.1) is 6.54 Å². The minimum atomic E-state index is -0.413. The third-order valence-electron chi connectivity index (χ3n) is 3.19. The Labute approximate surface area is 129 Å². The molecular formula is C15H19ClN2O3. The molecule has 0 radical (unpaired) electrons. The van der Waals surface area contributed by atoms with Crippen LogP contribution in [0.1, 0.15) is 20.3 Å². The molecule has 21 heavy (non-hydrogen) atoms. The summed E-state index contributed by atoms with van der Waals surface area (Å²) in [6.45, 7) is 4.51. The van der Waals surface area contributed by atoms with Gasteiger partial charge in [0.15, 0.2) is 0 Å². The Morgan fingerprint density at radius 1 is 1.38 bits per heavy atom. The van der Waals surface area contributed by atoms with Crippen LogP contribution in [0, 0.1) is 5.92 Å². The number of nitrogens with zero attached hydrogens (tertiary/aromatic N) is 1. The molecule has 1 atom stereocenters. The zero-order valence-corrected chi connectivity index (χ0v) is 12.9. The topological polar surface area (TPSA) is 58.6 Å². The summed E-state index contributed by atoms with van der Waals surface area (Å²) in [5.74, 6) is 0.790. The van der Waals surface area contributed by atoms with Gasteiger partial charge in [0.25, 0.3) is 5.91 Å². The number of carbonyl (C=O) groups is 2. The molecule has 2 rings (SSSR count). The largest absolute Gasteiger partial charge is 0.492 e. The average molecular weight is 311 g/mol. The van der Waals surface area contributed by atoms with Crippen LogP contribution in [0.4, 0.5) is 4.79 Å². The molecule has 0 bridgehead atoms. The molecule has 0 saturated carbocycles. The predicted octanol–water partition coefficient (Wildman–Crippen LogP) is 2.69. The van der Waals surface area contributed by atoms with Gasteiger partial charge in [0.1, 0.15) is 18.4 Å². The third kappa shape index (κ3) is 4.11. The summed E-state index contributed by atoms with van der Waals surface area (Å²) in [6.07, 6.45) is 0.649. The van der Waals surface area contributed by atoms with E-state index in [1.165, 1.54) is 4.90 Å². The van der Waals surface area contributed by atoms with Crippen LogP contribution in [-0.4, -0.2) is 36.0 Å². The van der Waals surface area contributed by atoms with Gasteiger partial charge in [0, 0.05) is 5.02 Å². The number of halogens is 1. The van der Waals surface area contributed by atoms with Gasteiger partial charge in [-0.15, -0.1) is 0 Å². The fourth-order valence-corrected chi connectivity index (χ4v) is 2.41. The first kappa shape index (κ1) is 15.6. The summed E-state index contributed by atoms with van der Waals surface area (Å²) in [5.41, 5.74) is 0. The van der Waals surface area contributed by atoms with E-state index in [1.54, 1.807) is 24.3 Å². The predicted molar refractivity (Wildman–Crippen MR) is 80.4 cm³/mol. The lowest BCUT2D eigenvalue weighted by atomic mass is 10.0. The lowest BCUT2D eigenvalue weighted by Crippen LogP contribution is -2.35. The Morgan fingerprint density at radius 2 is 2.14 bits per heavy atom. The van der Waals surface area contributed by atoms with Crippen molar-refractivity contribution in [1.29, 1.82) is 0 Å². The standard InChI is InChI=1S/C15H19ClN2O3/c1-10(2)8-13-14(19)18(15(20)17-13)6-7-21-12-5-3-4-11(16)9-12/h3-5,9-10,13H,6-8H2,1-2H3,(H,17,20)/t13-/m0/s1. The molecule has 1 saturated heterocycles. The van der Waals surface area contributed by atoms with Gasteiger partial charge in [-0.3, -0.25) is 9.69 Å². The van der Waals surface area contributed by atoms with Crippen molar-refractivity contribution in [3.05, 3.63) is 29.3 Å². The van der Waals surface area contributed by atoms with Crippen LogP contribution < -0.4 is 10.1 Å². The smallest absolute Gasteiger partial charge is 0.324 e. The summed E-state index contributed by atoms with van der Waals surface area (Å²) >= 11 is 5.86. The fourth-order valence-electron chi connectivity index (χ4n) is 2.23. The molecular weight excluding hydrogens is 292 g/mol. The van der Waals surface area contributed by atoms with E-state index in [-0.39, 0.29) is 25.1 Å². The number of nitrogens with one attached hydrogen (secondary N) is 1. The van der Waals surface area contributed by atoms with Crippen LogP contribution in [0.25, 0.3) is 0 Å². The quantitative estimate of drug-likeness (QED) is 0.822. The van der Waals surface area contributed by atoms with E-state index in [9.17, 15) is 9.59 Å². The molecule has 5 nitrogen and oxygen atoms in total. The number of amides is 3. The first-order valence-electron chi connectivity index (χ1n) is 6.97. The molecule has 114 valence electrons. The second-order valence-corrected chi connectivity index (χ2v) is 5.86. The Hall–Kier alpha value is -1.75. The maximum absolute atomic E-state index is 12.1. The van der Waals surface area contributed by atoms with Crippen LogP contribution in [0.2, 0.25) is 5.02 Å². The van der Waals surface area contributed by atoms with E-state index < -0.39 is 6.04 Å². The molecule has 0 aliphatic carbocycles. The first-order chi connectivity index (χ1) is 9.97. The van der Waals surface area contributed by atoms with Crippen LogP contribution in [0.5, 0.6) is 5.75 Å². The zero-order chi connectivity index (χ0) is 15.4. The highest BCUT2D eigenvalue weighted by atomic mass is 35.5. The highest BCUT2D eigenvalue weighted by molar-refractivity contribution is 6.30. The molecule has 0 unspecified atom stereocenters. The zero-order valence-electron chi connectivity index (χ0n) is 12.1. The summed E-state index contributed by atoms with van der Waals surface area (Å²) in [4.78, 5) is 25.1. The molecule has 1 aromatic rings. The lowest BCUT2D eigenvalue weighted by molar-refractivity contribution is -0.128. The van der Waals surface area contributed by atoms with Gasteiger partial charge in [-0.25, -0.2) is 4.79 Å². The molecule has 1 heterocycles. The van der Waals surface area contributed by atoms with Gasteiger partial charge in [-0.05, 0) is 30.5 Å². The van der Waals surface area contributed by atoms with Crippen molar-refractivity contribution >= 4 is 23.5 Å². The minimum absolute atomic E-state index is 0.177. The van der Waals surface area contributed by atoms with Crippen LogP contribution >= 0.6 is 11.6 Å². The molecule has 0 aromatic heterocycles. The summed E-state index contributed by atoms with van der Waals surface area (Å²) in [7, 11) is 0.